The van der Waals surface area contributed by atoms with Crippen molar-refractivity contribution in [3.63, 3.8) is 0 Å². The van der Waals surface area contributed by atoms with Crippen LogP contribution in [0.2, 0.25) is 0 Å². The van der Waals surface area contributed by atoms with Crippen molar-refractivity contribution < 1.29 is 4.79 Å². The van der Waals surface area contributed by atoms with E-state index in [9.17, 15) is 4.79 Å². The van der Waals surface area contributed by atoms with Gasteiger partial charge >= 0.3 is 0 Å². The number of carbonyl (C=O) groups is 1. The third-order valence-corrected chi connectivity index (χ3v) is 4.46. The fourth-order valence-electron chi connectivity index (χ4n) is 3.06. The van der Waals surface area contributed by atoms with E-state index in [0.29, 0.717) is 18.4 Å². The van der Waals surface area contributed by atoms with Crippen molar-refractivity contribution in [2.75, 3.05) is 39.1 Å². The second kappa shape index (κ2) is 7.63. The Kier molecular flexibility index (Phi) is 5.83. The molecule has 0 aromatic heterocycles. The van der Waals surface area contributed by atoms with Gasteiger partial charge in [-0.05, 0) is 44.5 Å². The minimum atomic E-state index is 0.305. The third-order valence-electron chi connectivity index (χ3n) is 4.46. The zero-order valence-electron chi connectivity index (χ0n) is 14.4. The summed E-state index contributed by atoms with van der Waals surface area (Å²) in [6.07, 6.45) is 2.92. The Morgan fingerprint density at radius 3 is 2.73 bits per heavy atom. The molecule has 2 rings (SSSR count). The number of amides is 1. The molecule has 0 radical (unpaired) electrons. The van der Waals surface area contributed by atoms with Crippen molar-refractivity contribution in [3.05, 3.63) is 29.8 Å². The van der Waals surface area contributed by atoms with Crippen LogP contribution in [0.3, 0.4) is 0 Å². The van der Waals surface area contributed by atoms with Gasteiger partial charge in [0, 0.05) is 51.9 Å². The summed E-state index contributed by atoms with van der Waals surface area (Å²) in [5, 5.41) is 0. The first-order valence-corrected chi connectivity index (χ1v) is 8.21. The molecule has 0 N–H and O–H groups in total. The molecule has 122 valence electrons. The second-order valence-corrected chi connectivity index (χ2v) is 6.63. The van der Waals surface area contributed by atoms with Gasteiger partial charge in [-0.3, -0.25) is 4.79 Å². The fourth-order valence-corrected chi connectivity index (χ4v) is 3.06. The molecule has 0 saturated carbocycles. The highest BCUT2D eigenvalue weighted by molar-refractivity contribution is 5.77. The summed E-state index contributed by atoms with van der Waals surface area (Å²) in [6.45, 7) is 4.79. The lowest BCUT2D eigenvalue weighted by Crippen LogP contribution is -2.35. The number of anilines is 1. The number of rotatable bonds is 6. The smallest absolute Gasteiger partial charge is 0.224 e. The number of hydrogen-bond donors (Lipinski definition) is 0. The van der Waals surface area contributed by atoms with E-state index in [-0.39, 0.29) is 0 Å². The lowest BCUT2D eigenvalue weighted by molar-refractivity contribution is -0.132. The molecule has 22 heavy (non-hydrogen) atoms. The van der Waals surface area contributed by atoms with Crippen molar-refractivity contribution in [2.45, 2.75) is 38.8 Å². The molecule has 1 heterocycles. The van der Waals surface area contributed by atoms with Crippen LogP contribution in [0.4, 0.5) is 5.69 Å². The molecule has 4 nitrogen and oxygen atoms in total. The van der Waals surface area contributed by atoms with Crippen LogP contribution >= 0.6 is 0 Å². The van der Waals surface area contributed by atoms with E-state index in [1.165, 1.54) is 11.3 Å². The van der Waals surface area contributed by atoms with Gasteiger partial charge in [-0.1, -0.05) is 12.1 Å². The first-order valence-electron chi connectivity index (χ1n) is 8.21. The van der Waals surface area contributed by atoms with E-state index in [4.69, 9.17) is 0 Å². The average molecular weight is 303 g/mol. The molecular formula is C18H29N3O. The van der Waals surface area contributed by atoms with Gasteiger partial charge in [0.25, 0.3) is 0 Å². The predicted octanol–water partition coefficient (Wildman–Crippen LogP) is 2.59. The Morgan fingerprint density at radius 1 is 1.32 bits per heavy atom. The van der Waals surface area contributed by atoms with Gasteiger partial charge in [0.1, 0.15) is 0 Å². The fraction of sp³-hybridized carbons (Fsp3) is 0.611. The minimum absolute atomic E-state index is 0.305. The summed E-state index contributed by atoms with van der Waals surface area (Å²) < 4.78 is 0. The van der Waals surface area contributed by atoms with Gasteiger partial charge in [-0.15, -0.1) is 0 Å². The number of benzene rings is 1. The first kappa shape index (κ1) is 16.8. The third kappa shape index (κ3) is 4.47. The summed E-state index contributed by atoms with van der Waals surface area (Å²) in [5.74, 6) is 0.305. The maximum atomic E-state index is 12.2. The highest BCUT2D eigenvalue weighted by Gasteiger charge is 2.24. The minimum Gasteiger partial charge on any atom is -0.378 e. The monoisotopic (exact) mass is 303 g/mol. The molecule has 0 aliphatic carbocycles. The van der Waals surface area contributed by atoms with Gasteiger partial charge in [-0.2, -0.15) is 0 Å². The van der Waals surface area contributed by atoms with Crippen LogP contribution in [-0.4, -0.2) is 56.0 Å². The normalized spacial score (nSPS) is 18.0. The predicted molar refractivity (Wildman–Crippen MR) is 92.1 cm³/mol. The largest absolute Gasteiger partial charge is 0.378 e. The van der Waals surface area contributed by atoms with Crippen LogP contribution in [0.5, 0.6) is 0 Å². The van der Waals surface area contributed by atoms with E-state index in [1.54, 1.807) is 0 Å². The van der Waals surface area contributed by atoms with Crippen LogP contribution in [0.15, 0.2) is 24.3 Å². The molecule has 1 fully saturated rings. The van der Waals surface area contributed by atoms with Crippen LogP contribution in [-0.2, 0) is 11.3 Å². The molecule has 1 aliphatic rings. The van der Waals surface area contributed by atoms with Gasteiger partial charge in [-0.25, -0.2) is 0 Å². The van der Waals surface area contributed by atoms with Gasteiger partial charge < -0.3 is 14.7 Å². The summed E-state index contributed by atoms with van der Waals surface area (Å²) in [7, 11) is 6.19. The topological polar surface area (TPSA) is 26.8 Å². The molecule has 1 aromatic rings. The van der Waals surface area contributed by atoms with Gasteiger partial charge in [0.15, 0.2) is 0 Å². The summed E-state index contributed by atoms with van der Waals surface area (Å²) in [5.41, 5.74) is 2.50. The maximum Gasteiger partial charge on any atom is 0.224 e. The lowest BCUT2D eigenvalue weighted by atomic mass is 10.2. The summed E-state index contributed by atoms with van der Waals surface area (Å²) >= 11 is 0. The SMILES string of the molecule is C[C@@H]1CCCN1C(=O)CCN(C)Cc1cccc(N(C)C)c1. The van der Waals surface area contributed by atoms with E-state index in [2.05, 4.69) is 62.1 Å². The average Bonchev–Trinajstić information content (AvgIpc) is 2.91. The van der Waals surface area contributed by atoms with Crippen molar-refractivity contribution in [3.8, 4) is 0 Å². The molecule has 0 bridgehead atoms. The number of likely N-dealkylation sites (tertiary alicyclic amines) is 1. The highest BCUT2D eigenvalue weighted by atomic mass is 16.2. The molecule has 0 spiro atoms. The van der Waals surface area contributed by atoms with E-state index in [0.717, 1.165) is 32.5 Å². The molecule has 1 atom stereocenters. The van der Waals surface area contributed by atoms with Crippen LogP contribution in [0.25, 0.3) is 0 Å². The molecule has 1 aromatic carbocycles. The molecule has 0 unspecified atom stereocenters. The maximum absolute atomic E-state index is 12.2. The van der Waals surface area contributed by atoms with Crippen molar-refractivity contribution in [1.29, 1.82) is 0 Å². The number of carbonyl (C=O) groups excluding carboxylic acids is 1. The Bertz CT molecular complexity index is 501. The van der Waals surface area contributed by atoms with E-state index >= 15 is 0 Å². The molecule has 4 heteroatoms. The zero-order valence-corrected chi connectivity index (χ0v) is 14.4. The van der Waals surface area contributed by atoms with Crippen LogP contribution < -0.4 is 4.90 Å². The molecular weight excluding hydrogens is 274 g/mol. The van der Waals surface area contributed by atoms with Gasteiger partial charge in [0.05, 0.1) is 0 Å². The summed E-state index contributed by atoms with van der Waals surface area (Å²) in [6, 6.07) is 8.99. The van der Waals surface area contributed by atoms with Crippen molar-refractivity contribution in [2.24, 2.45) is 0 Å². The lowest BCUT2D eigenvalue weighted by Gasteiger charge is -2.23. The Balaban J connectivity index is 1.81. The Labute approximate surface area is 134 Å². The van der Waals surface area contributed by atoms with Crippen molar-refractivity contribution >= 4 is 11.6 Å². The molecule has 1 amide bonds. The van der Waals surface area contributed by atoms with Crippen LogP contribution in [0, 0.1) is 0 Å². The standard InChI is InChI=1S/C18H29N3O/c1-15-7-6-11-21(15)18(22)10-12-20(4)14-16-8-5-9-17(13-16)19(2)3/h5,8-9,13,15H,6-7,10-12,14H2,1-4H3/t15-/m1/s1. The quantitative estimate of drug-likeness (QED) is 0.808. The molecule has 1 aliphatic heterocycles. The highest BCUT2D eigenvalue weighted by Crippen LogP contribution is 2.18. The zero-order chi connectivity index (χ0) is 16.1. The first-order chi connectivity index (χ1) is 10.5. The number of hydrogen-bond acceptors (Lipinski definition) is 3. The molecule has 1 saturated heterocycles. The van der Waals surface area contributed by atoms with E-state index in [1.807, 2.05) is 4.90 Å². The van der Waals surface area contributed by atoms with Crippen LogP contribution in [0.1, 0.15) is 31.7 Å². The second-order valence-electron chi connectivity index (χ2n) is 6.63. The Morgan fingerprint density at radius 2 is 2.09 bits per heavy atom. The number of nitrogens with zero attached hydrogens (tertiary/aromatic N) is 3. The van der Waals surface area contributed by atoms with E-state index < -0.39 is 0 Å². The summed E-state index contributed by atoms with van der Waals surface area (Å²) in [4.78, 5) is 18.6. The van der Waals surface area contributed by atoms with Gasteiger partial charge in [0.2, 0.25) is 5.91 Å². The Hall–Kier alpha value is -1.55. The van der Waals surface area contributed by atoms with Crippen molar-refractivity contribution in [1.82, 2.24) is 9.80 Å².